The number of hydrogen-bond acceptors (Lipinski definition) is 3. The third-order valence-electron chi connectivity index (χ3n) is 1.91. The van der Waals surface area contributed by atoms with E-state index in [1.54, 1.807) is 7.11 Å². The van der Waals surface area contributed by atoms with Crippen molar-refractivity contribution in [2.24, 2.45) is 5.84 Å². The minimum absolute atomic E-state index is 0.0176. The number of hydrogen-bond donors (Lipinski definition) is 2. The van der Waals surface area contributed by atoms with Gasteiger partial charge in [-0.2, -0.15) is 13.2 Å². The number of halogens is 3. The van der Waals surface area contributed by atoms with Gasteiger partial charge in [0.15, 0.2) is 0 Å². The Kier molecular flexibility index (Phi) is 6.86. The van der Waals surface area contributed by atoms with Crippen LogP contribution in [0, 0.1) is 0 Å². The summed E-state index contributed by atoms with van der Waals surface area (Å²) in [4.78, 5) is 0. The fourth-order valence-corrected chi connectivity index (χ4v) is 1.12. The molecular weight excluding hydrogens is 197 g/mol. The molecular formula is C8H17F3N2O. The van der Waals surface area contributed by atoms with E-state index in [2.05, 4.69) is 5.43 Å². The van der Waals surface area contributed by atoms with Crippen LogP contribution in [0.3, 0.4) is 0 Å². The molecule has 0 aliphatic heterocycles. The first-order valence-corrected chi connectivity index (χ1v) is 4.51. The van der Waals surface area contributed by atoms with Crippen LogP contribution in [0.4, 0.5) is 13.2 Å². The van der Waals surface area contributed by atoms with Crippen molar-refractivity contribution in [2.75, 3.05) is 13.7 Å². The molecule has 0 saturated carbocycles. The number of hydrazine groups is 1. The summed E-state index contributed by atoms with van der Waals surface area (Å²) >= 11 is 0. The van der Waals surface area contributed by atoms with E-state index >= 15 is 0 Å². The Morgan fingerprint density at radius 2 is 2.00 bits per heavy atom. The summed E-state index contributed by atoms with van der Waals surface area (Å²) in [6, 6.07) is -0.285. The number of ether oxygens (including phenoxy) is 1. The van der Waals surface area contributed by atoms with Crippen LogP contribution in [0.15, 0.2) is 0 Å². The van der Waals surface area contributed by atoms with Crippen molar-refractivity contribution in [1.29, 1.82) is 0 Å². The van der Waals surface area contributed by atoms with Crippen LogP contribution >= 0.6 is 0 Å². The van der Waals surface area contributed by atoms with Gasteiger partial charge >= 0.3 is 6.18 Å². The molecule has 0 spiro atoms. The maximum absolute atomic E-state index is 11.8. The van der Waals surface area contributed by atoms with Crippen molar-refractivity contribution in [3.63, 3.8) is 0 Å². The maximum Gasteiger partial charge on any atom is 0.389 e. The molecule has 1 unspecified atom stereocenters. The summed E-state index contributed by atoms with van der Waals surface area (Å²) < 4.78 is 40.3. The van der Waals surface area contributed by atoms with Crippen molar-refractivity contribution < 1.29 is 17.9 Å². The molecule has 3 nitrogen and oxygen atoms in total. The zero-order chi connectivity index (χ0) is 11.0. The minimum atomic E-state index is -4.10. The fraction of sp³-hybridized carbons (Fsp3) is 1.00. The molecule has 0 bridgehead atoms. The predicted molar refractivity (Wildman–Crippen MR) is 47.5 cm³/mol. The molecule has 0 aliphatic rings. The standard InChI is InChI=1S/C8H17F3N2O/c1-14-6-2-3-7(13-12)4-5-8(9,10)11/h7,13H,2-6,12H2,1H3. The number of methoxy groups -OCH3 is 1. The largest absolute Gasteiger partial charge is 0.389 e. The maximum atomic E-state index is 11.8. The zero-order valence-electron chi connectivity index (χ0n) is 8.23. The van der Waals surface area contributed by atoms with Gasteiger partial charge in [-0.1, -0.05) is 0 Å². The van der Waals surface area contributed by atoms with E-state index in [9.17, 15) is 13.2 Å². The lowest BCUT2D eigenvalue weighted by Crippen LogP contribution is -2.36. The van der Waals surface area contributed by atoms with E-state index in [4.69, 9.17) is 10.6 Å². The second-order valence-electron chi connectivity index (χ2n) is 3.15. The summed E-state index contributed by atoms with van der Waals surface area (Å²) in [5, 5.41) is 0. The molecule has 0 rings (SSSR count). The van der Waals surface area contributed by atoms with Gasteiger partial charge in [-0.05, 0) is 19.3 Å². The highest BCUT2D eigenvalue weighted by Crippen LogP contribution is 2.22. The van der Waals surface area contributed by atoms with Crippen LogP contribution in [0.5, 0.6) is 0 Å². The van der Waals surface area contributed by atoms with Crippen LogP contribution in [0.1, 0.15) is 25.7 Å². The van der Waals surface area contributed by atoms with Gasteiger partial charge in [-0.25, -0.2) is 0 Å². The van der Waals surface area contributed by atoms with Gasteiger partial charge in [0.2, 0.25) is 0 Å². The van der Waals surface area contributed by atoms with Crippen LogP contribution in [-0.2, 0) is 4.74 Å². The van der Waals surface area contributed by atoms with E-state index < -0.39 is 12.6 Å². The molecule has 14 heavy (non-hydrogen) atoms. The van der Waals surface area contributed by atoms with Gasteiger partial charge in [0.25, 0.3) is 0 Å². The summed E-state index contributed by atoms with van der Waals surface area (Å²) in [6.45, 7) is 0.546. The molecule has 0 fully saturated rings. The molecule has 0 aliphatic carbocycles. The second-order valence-corrected chi connectivity index (χ2v) is 3.15. The van der Waals surface area contributed by atoms with Gasteiger partial charge in [0.05, 0.1) is 0 Å². The highest BCUT2D eigenvalue weighted by Gasteiger charge is 2.27. The van der Waals surface area contributed by atoms with Crippen molar-refractivity contribution in [3.8, 4) is 0 Å². The molecule has 0 aromatic rings. The smallest absolute Gasteiger partial charge is 0.385 e. The minimum Gasteiger partial charge on any atom is -0.385 e. The SMILES string of the molecule is COCCCC(CCC(F)(F)F)NN. The summed E-state index contributed by atoms with van der Waals surface area (Å²) in [5.41, 5.74) is 2.38. The van der Waals surface area contributed by atoms with Gasteiger partial charge in [0, 0.05) is 26.2 Å². The number of alkyl halides is 3. The Balaban J connectivity index is 3.58. The monoisotopic (exact) mass is 214 g/mol. The van der Waals surface area contributed by atoms with E-state index in [1.807, 2.05) is 0 Å². The lowest BCUT2D eigenvalue weighted by atomic mass is 10.1. The highest BCUT2D eigenvalue weighted by atomic mass is 19.4. The summed E-state index contributed by atoms with van der Waals surface area (Å²) in [5.74, 6) is 5.13. The number of nitrogens with one attached hydrogen (secondary N) is 1. The number of rotatable bonds is 7. The Bertz CT molecular complexity index is 141. The van der Waals surface area contributed by atoms with Crippen LogP contribution in [0.25, 0.3) is 0 Å². The third-order valence-corrected chi connectivity index (χ3v) is 1.91. The first-order chi connectivity index (χ1) is 6.49. The molecule has 0 aromatic heterocycles. The first-order valence-electron chi connectivity index (χ1n) is 4.51. The normalized spacial score (nSPS) is 14.4. The van der Waals surface area contributed by atoms with Crippen LogP contribution in [0.2, 0.25) is 0 Å². The Morgan fingerprint density at radius 3 is 2.43 bits per heavy atom. The van der Waals surface area contributed by atoms with Crippen LogP contribution in [-0.4, -0.2) is 25.9 Å². The quantitative estimate of drug-likeness (QED) is 0.384. The highest BCUT2D eigenvalue weighted by molar-refractivity contribution is 4.66. The molecule has 0 amide bonds. The molecule has 3 N–H and O–H groups in total. The van der Waals surface area contributed by atoms with Crippen molar-refractivity contribution in [2.45, 2.75) is 37.9 Å². The Hall–Kier alpha value is -0.330. The Labute approximate surface area is 81.8 Å². The van der Waals surface area contributed by atoms with Gasteiger partial charge < -0.3 is 4.74 Å². The zero-order valence-corrected chi connectivity index (χ0v) is 8.23. The summed E-state index contributed by atoms with van der Waals surface area (Å²) in [7, 11) is 1.56. The number of nitrogens with two attached hydrogens (primary N) is 1. The topological polar surface area (TPSA) is 47.3 Å². The van der Waals surface area contributed by atoms with Crippen molar-refractivity contribution in [1.82, 2.24) is 5.43 Å². The fourth-order valence-electron chi connectivity index (χ4n) is 1.12. The first kappa shape index (κ1) is 13.7. The molecule has 1 atom stereocenters. The third kappa shape index (κ3) is 8.28. The molecule has 6 heteroatoms. The second kappa shape index (κ2) is 7.03. The van der Waals surface area contributed by atoms with E-state index in [1.165, 1.54) is 0 Å². The predicted octanol–water partition coefficient (Wildman–Crippen LogP) is 1.59. The lowest BCUT2D eigenvalue weighted by Gasteiger charge is -2.16. The molecule has 0 radical (unpaired) electrons. The molecule has 0 aromatic carbocycles. The van der Waals surface area contributed by atoms with Gasteiger partial charge in [-0.3, -0.25) is 11.3 Å². The Morgan fingerprint density at radius 1 is 1.36 bits per heavy atom. The van der Waals surface area contributed by atoms with Crippen LogP contribution < -0.4 is 11.3 Å². The van der Waals surface area contributed by atoms with E-state index in [0.717, 1.165) is 0 Å². The molecule has 0 heterocycles. The average Bonchev–Trinajstić information content (AvgIpc) is 2.09. The van der Waals surface area contributed by atoms with Crippen molar-refractivity contribution >= 4 is 0 Å². The van der Waals surface area contributed by atoms with Crippen molar-refractivity contribution in [3.05, 3.63) is 0 Å². The van der Waals surface area contributed by atoms with Gasteiger partial charge in [0.1, 0.15) is 0 Å². The molecule has 0 saturated heterocycles. The molecule has 86 valence electrons. The average molecular weight is 214 g/mol. The lowest BCUT2D eigenvalue weighted by molar-refractivity contribution is -0.136. The van der Waals surface area contributed by atoms with Gasteiger partial charge in [-0.15, -0.1) is 0 Å². The van der Waals surface area contributed by atoms with E-state index in [0.29, 0.717) is 19.4 Å². The summed E-state index contributed by atoms with van der Waals surface area (Å²) in [6.07, 6.45) is -3.57. The van der Waals surface area contributed by atoms with E-state index in [-0.39, 0.29) is 12.5 Å².